The molecule has 0 bridgehead atoms. The van der Waals surface area contributed by atoms with E-state index in [4.69, 9.17) is 14.2 Å². The molecule has 0 aliphatic carbocycles. The highest BCUT2D eigenvalue weighted by Gasteiger charge is 2.19. The van der Waals surface area contributed by atoms with Crippen molar-refractivity contribution in [1.29, 1.82) is 0 Å². The highest BCUT2D eigenvalue weighted by Crippen LogP contribution is 2.16. The standard InChI is InChI=1S/C75H122O6/c1-4-7-10-13-16-19-22-25-28-31-33-35-37-39-41-44-47-50-53-56-59-62-65-68-74(77)80-71-72(70-79-73(76)67-64-61-58-55-52-49-46-43-30-27-24-21-18-15-12-9-6-3)81-75(78)69-66-63-60-57-54-51-48-45-42-40-38-36-34-32-29-26-23-20-17-14-11-8-5-2/h7-12,16-21,25-30,33-36,46,49,72H,4-6,13-15,22-24,31-32,37-45,47-48,50-71H2,1-3H3/b10-7-,11-8-,12-9-,19-16-,20-17-,21-18-,28-25-,29-26-,30-27-,35-33-,36-34-,49-46-. The normalized spacial score (nSPS) is 13.1. The Balaban J connectivity index is 4.43. The van der Waals surface area contributed by atoms with Gasteiger partial charge in [-0.05, 0) is 135 Å². The summed E-state index contributed by atoms with van der Waals surface area (Å²) in [6.07, 6.45) is 97.1. The van der Waals surface area contributed by atoms with Crippen molar-refractivity contribution in [2.75, 3.05) is 13.2 Å². The van der Waals surface area contributed by atoms with Gasteiger partial charge in [-0.2, -0.15) is 0 Å². The number of carbonyl (C=O) groups is 3. The van der Waals surface area contributed by atoms with Crippen molar-refractivity contribution in [2.45, 2.75) is 297 Å². The molecule has 0 aliphatic heterocycles. The first kappa shape index (κ1) is 76.3. The molecule has 1 unspecified atom stereocenters. The third kappa shape index (κ3) is 66.0. The molecule has 0 saturated carbocycles. The van der Waals surface area contributed by atoms with Gasteiger partial charge in [0, 0.05) is 19.3 Å². The van der Waals surface area contributed by atoms with Crippen molar-refractivity contribution >= 4 is 17.9 Å². The zero-order valence-corrected chi connectivity index (χ0v) is 52.5. The van der Waals surface area contributed by atoms with Crippen LogP contribution in [0.15, 0.2) is 146 Å². The molecule has 0 aromatic carbocycles. The summed E-state index contributed by atoms with van der Waals surface area (Å²) >= 11 is 0. The Bertz CT molecular complexity index is 1760. The number of rotatable bonds is 59. The van der Waals surface area contributed by atoms with Crippen molar-refractivity contribution in [3.8, 4) is 0 Å². The summed E-state index contributed by atoms with van der Waals surface area (Å²) in [5, 5.41) is 0. The zero-order valence-electron chi connectivity index (χ0n) is 52.5. The number of ether oxygens (including phenoxy) is 3. The SMILES string of the molecule is CC/C=C\C/C=C\C/C=C\C/C=C\CCCCCCCCCCCCC(=O)OCC(COC(=O)CCCCCC/C=C\C/C=C\C/C=C\C/C=C\CC)OC(=O)CCCCCCCCCCCC/C=C\C/C=C\C/C=C\C/C=C\CC. The molecule has 0 aromatic heterocycles. The van der Waals surface area contributed by atoms with Crippen LogP contribution in [0.3, 0.4) is 0 Å². The minimum atomic E-state index is -0.801. The van der Waals surface area contributed by atoms with E-state index in [1.165, 1.54) is 103 Å². The van der Waals surface area contributed by atoms with Gasteiger partial charge in [0.1, 0.15) is 13.2 Å². The lowest BCUT2D eigenvalue weighted by Crippen LogP contribution is -2.30. The Morgan fingerprint density at radius 1 is 0.247 bits per heavy atom. The molecule has 0 N–H and O–H groups in total. The summed E-state index contributed by atoms with van der Waals surface area (Å²) in [5.74, 6) is -0.923. The van der Waals surface area contributed by atoms with Gasteiger partial charge in [-0.15, -0.1) is 0 Å². The van der Waals surface area contributed by atoms with Gasteiger partial charge in [0.05, 0.1) is 0 Å². The average Bonchev–Trinajstić information content (AvgIpc) is 3.47. The van der Waals surface area contributed by atoms with Crippen LogP contribution >= 0.6 is 0 Å². The van der Waals surface area contributed by atoms with Gasteiger partial charge >= 0.3 is 17.9 Å². The quantitative estimate of drug-likeness (QED) is 0.0261. The smallest absolute Gasteiger partial charge is 0.306 e. The monoisotopic (exact) mass is 1120 g/mol. The highest BCUT2D eigenvalue weighted by molar-refractivity contribution is 5.71. The summed E-state index contributed by atoms with van der Waals surface area (Å²) in [5.41, 5.74) is 0. The predicted octanol–water partition coefficient (Wildman–Crippen LogP) is 23.1. The van der Waals surface area contributed by atoms with E-state index in [1.54, 1.807) is 0 Å². The number of esters is 3. The Hall–Kier alpha value is -4.71. The van der Waals surface area contributed by atoms with Gasteiger partial charge in [-0.3, -0.25) is 14.4 Å². The number of hydrogen-bond acceptors (Lipinski definition) is 6. The summed E-state index contributed by atoms with van der Waals surface area (Å²) in [6, 6.07) is 0. The van der Waals surface area contributed by atoms with Gasteiger partial charge in [0.15, 0.2) is 6.10 Å². The van der Waals surface area contributed by atoms with Gasteiger partial charge in [0.25, 0.3) is 0 Å². The van der Waals surface area contributed by atoms with E-state index in [0.29, 0.717) is 19.3 Å². The molecule has 0 aromatic rings. The van der Waals surface area contributed by atoms with Crippen LogP contribution in [0.25, 0.3) is 0 Å². The van der Waals surface area contributed by atoms with E-state index >= 15 is 0 Å². The molecule has 0 heterocycles. The minimum absolute atomic E-state index is 0.0942. The third-order valence-electron chi connectivity index (χ3n) is 13.8. The maximum Gasteiger partial charge on any atom is 0.306 e. The number of allylic oxidation sites excluding steroid dienone is 24. The Morgan fingerprint density at radius 2 is 0.444 bits per heavy atom. The predicted molar refractivity (Wildman–Crippen MR) is 352 cm³/mol. The first-order chi connectivity index (χ1) is 40.0. The second-order valence-corrected chi connectivity index (χ2v) is 21.6. The van der Waals surface area contributed by atoms with E-state index in [9.17, 15) is 14.4 Å². The van der Waals surface area contributed by atoms with Crippen LogP contribution in [-0.2, 0) is 28.6 Å². The lowest BCUT2D eigenvalue weighted by molar-refractivity contribution is -0.167. The number of hydrogen-bond donors (Lipinski definition) is 0. The Kier molecular flexibility index (Phi) is 63.9. The van der Waals surface area contributed by atoms with Crippen LogP contribution in [0.1, 0.15) is 290 Å². The van der Waals surface area contributed by atoms with Gasteiger partial charge in [-0.1, -0.05) is 282 Å². The summed E-state index contributed by atoms with van der Waals surface area (Å²) < 4.78 is 17.0. The topological polar surface area (TPSA) is 78.9 Å². The van der Waals surface area contributed by atoms with Crippen LogP contribution in [-0.4, -0.2) is 37.2 Å². The first-order valence-electron chi connectivity index (χ1n) is 33.3. The maximum atomic E-state index is 13.0. The fraction of sp³-hybridized carbons (Fsp3) is 0.640. The van der Waals surface area contributed by atoms with E-state index in [1.807, 2.05) is 0 Å². The van der Waals surface area contributed by atoms with Crippen molar-refractivity contribution in [3.05, 3.63) is 146 Å². The lowest BCUT2D eigenvalue weighted by atomic mass is 10.0. The molecule has 81 heavy (non-hydrogen) atoms. The summed E-state index contributed by atoms with van der Waals surface area (Å²) in [4.78, 5) is 38.4. The van der Waals surface area contributed by atoms with Crippen LogP contribution in [0.5, 0.6) is 0 Å². The maximum absolute atomic E-state index is 13.0. The van der Waals surface area contributed by atoms with Crippen LogP contribution in [0.4, 0.5) is 0 Å². The molecule has 458 valence electrons. The first-order valence-corrected chi connectivity index (χ1v) is 33.3. The lowest BCUT2D eigenvalue weighted by Gasteiger charge is -2.18. The fourth-order valence-electron chi connectivity index (χ4n) is 8.95. The minimum Gasteiger partial charge on any atom is -0.462 e. The summed E-state index contributed by atoms with van der Waals surface area (Å²) in [6.45, 7) is 6.29. The molecule has 1 atom stereocenters. The van der Waals surface area contributed by atoms with Gasteiger partial charge < -0.3 is 14.2 Å². The largest absolute Gasteiger partial charge is 0.462 e. The van der Waals surface area contributed by atoms with E-state index in [0.717, 1.165) is 148 Å². The number of carbonyl (C=O) groups excluding carboxylic acids is 3. The van der Waals surface area contributed by atoms with Crippen LogP contribution in [0, 0.1) is 0 Å². The van der Waals surface area contributed by atoms with E-state index < -0.39 is 6.10 Å². The molecule has 0 radical (unpaired) electrons. The Labute approximate surface area is 499 Å². The molecule has 0 saturated heterocycles. The Morgan fingerprint density at radius 3 is 0.691 bits per heavy atom. The van der Waals surface area contributed by atoms with Crippen molar-refractivity contribution < 1.29 is 28.6 Å². The molecule has 0 rings (SSSR count). The zero-order chi connectivity index (χ0) is 58.5. The van der Waals surface area contributed by atoms with Crippen molar-refractivity contribution in [3.63, 3.8) is 0 Å². The van der Waals surface area contributed by atoms with Crippen molar-refractivity contribution in [2.24, 2.45) is 0 Å². The molecule has 0 fully saturated rings. The molecular formula is C75H122O6. The average molecular weight is 1120 g/mol. The molecule has 0 spiro atoms. The summed E-state index contributed by atoms with van der Waals surface area (Å²) in [7, 11) is 0. The van der Waals surface area contributed by atoms with Crippen molar-refractivity contribution in [1.82, 2.24) is 0 Å². The fourth-order valence-corrected chi connectivity index (χ4v) is 8.95. The molecule has 6 heteroatoms. The molecular weight excluding hydrogens is 997 g/mol. The number of unbranched alkanes of at least 4 members (excludes halogenated alkanes) is 24. The molecule has 6 nitrogen and oxygen atoms in total. The van der Waals surface area contributed by atoms with Gasteiger partial charge in [0.2, 0.25) is 0 Å². The molecule has 0 amide bonds. The highest BCUT2D eigenvalue weighted by atomic mass is 16.6. The second kappa shape index (κ2) is 67.8. The molecule has 0 aliphatic rings. The van der Waals surface area contributed by atoms with Gasteiger partial charge in [-0.25, -0.2) is 0 Å². The van der Waals surface area contributed by atoms with E-state index in [-0.39, 0.29) is 31.1 Å². The van der Waals surface area contributed by atoms with Crippen LogP contribution < -0.4 is 0 Å². The van der Waals surface area contributed by atoms with Crippen LogP contribution in [0.2, 0.25) is 0 Å². The van der Waals surface area contributed by atoms with E-state index in [2.05, 4.69) is 167 Å². The second-order valence-electron chi connectivity index (χ2n) is 21.6. The third-order valence-corrected chi connectivity index (χ3v) is 13.8.